The molecule has 0 aliphatic carbocycles. The number of likely N-dealkylation sites (tertiary alicyclic amines) is 2. The van der Waals surface area contributed by atoms with E-state index in [0.717, 1.165) is 32.4 Å². The second-order valence-electron chi connectivity index (χ2n) is 7.79. The van der Waals surface area contributed by atoms with Crippen molar-refractivity contribution >= 4 is 17.8 Å². The first kappa shape index (κ1) is 20.4. The van der Waals surface area contributed by atoms with Gasteiger partial charge in [-0.2, -0.15) is 0 Å². The third-order valence-electron chi connectivity index (χ3n) is 5.37. The average Bonchev–Trinajstić information content (AvgIpc) is 2.67. The summed E-state index contributed by atoms with van der Waals surface area (Å²) in [6, 6.07) is 1.96. The molecule has 2 amide bonds. The number of carbonyl (C=O) groups is 2. The molecule has 2 fully saturated rings. The van der Waals surface area contributed by atoms with Crippen LogP contribution in [0.5, 0.6) is 0 Å². The number of aromatic nitrogens is 2. The Labute approximate surface area is 166 Å². The molecule has 28 heavy (non-hydrogen) atoms. The molecule has 0 spiro atoms. The molecule has 0 saturated carbocycles. The van der Waals surface area contributed by atoms with E-state index in [2.05, 4.69) is 22.2 Å². The molecule has 1 aromatic heterocycles. The van der Waals surface area contributed by atoms with E-state index in [-0.39, 0.29) is 18.0 Å². The van der Waals surface area contributed by atoms with Crippen molar-refractivity contribution in [2.75, 3.05) is 38.1 Å². The Kier molecular flexibility index (Phi) is 6.70. The van der Waals surface area contributed by atoms with Gasteiger partial charge in [0.2, 0.25) is 0 Å². The van der Waals surface area contributed by atoms with Crippen LogP contribution in [0.4, 0.5) is 10.6 Å². The van der Waals surface area contributed by atoms with E-state index >= 15 is 0 Å². The van der Waals surface area contributed by atoms with E-state index in [1.54, 1.807) is 11.0 Å². The number of carbonyl (C=O) groups excluding carboxylic acids is 2. The molecule has 8 nitrogen and oxygen atoms in total. The highest BCUT2D eigenvalue weighted by atomic mass is 16.6. The van der Waals surface area contributed by atoms with Gasteiger partial charge in [0.1, 0.15) is 17.3 Å². The maximum atomic E-state index is 12.9. The molecular weight excluding hydrogens is 358 g/mol. The Balaban J connectivity index is 1.61. The number of aryl methyl sites for hydroxylation is 1. The predicted molar refractivity (Wildman–Crippen MR) is 106 cm³/mol. The summed E-state index contributed by atoms with van der Waals surface area (Å²) >= 11 is 0. The number of hydrogen-bond donors (Lipinski definition) is 1. The lowest BCUT2D eigenvalue weighted by atomic mass is 10.00. The maximum Gasteiger partial charge on any atom is 0.409 e. The lowest BCUT2D eigenvalue weighted by molar-refractivity contribution is 0.0676. The molecule has 8 heteroatoms. The Morgan fingerprint density at radius 1 is 1.18 bits per heavy atom. The molecule has 1 atom stereocenters. The van der Waals surface area contributed by atoms with Gasteiger partial charge in [0.15, 0.2) is 0 Å². The Morgan fingerprint density at radius 3 is 2.61 bits per heavy atom. The lowest BCUT2D eigenvalue weighted by Gasteiger charge is -2.32. The fourth-order valence-electron chi connectivity index (χ4n) is 3.92. The minimum Gasteiger partial charge on any atom is -0.450 e. The van der Waals surface area contributed by atoms with Crippen molar-refractivity contribution < 1.29 is 14.3 Å². The van der Waals surface area contributed by atoms with Gasteiger partial charge < -0.3 is 19.9 Å². The molecule has 3 heterocycles. The summed E-state index contributed by atoms with van der Waals surface area (Å²) in [7, 11) is 0. The number of rotatable bonds is 4. The third kappa shape index (κ3) is 5.11. The first-order chi connectivity index (χ1) is 13.5. The quantitative estimate of drug-likeness (QED) is 0.852. The molecule has 2 saturated heterocycles. The van der Waals surface area contributed by atoms with Crippen molar-refractivity contribution in [1.29, 1.82) is 0 Å². The number of anilines is 1. The predicted octanol–water partition coefficient (Wildman–Crippen LogP) is 2.69. The van der Waals surface area contributed by atoms with E-state index in [1.807, 2.05) is 18.7 Å². The second-order valence-corrected chi connectivity index (χ2v) is 7.79. The van der Waals surface area contributed by atoms with Crippen LogP contribution in [0.2, 0.25) is 0 Å². The average molecular weight is 390 g/mol. The van der Waals surface area contributed by atoms with Gasteiger partial charge in [0.05, 0.1) is 6.61 Å². The maximum absolute atomic E-state index is 12.9. The molecule has 1 N–H and O–H groups in total. The van der Waals surface area contributed by atoms with E-state index < -0.39 is 0 Å². The van der Waals surface area contributed by atoms with Crippen molar-refractivity contribution in [3.63, 3.8) is 0 Å². The van der Waals surface area contributed by atoms with Crippen LogP contribution >= 0.6 is 0 Å². The number of nitrogens with zero attached hydrogens (tertiary/aromatic N) is 4. The summed E-state index contributed by atoms with van der Waals surface area (Å²) < 4.78 is 5.06. The topological polar surface area (TPSA) is 87.7 Å². The Morgan fingerprint density at radius 2 is 1.93 bits per heavy atom. The van der Waals surface area contributed by atoms with Gasteiger partial charge in [-0.3, -0.25) is 4.79 Å². The standard InChI is InChI=1S/C20H31N5O3/c1-4-28-20(27)24-10-7-16(8-11-24)23-18-12-17(21-15(3)22-18)19(26)25-9-5-6-14(2)13-25/h12,14,16H,4-11,13H2,1-3H3,(H,21,22,23). The summed E-state index contributed by atoms with van der Waals surface area (Å²) in [5.41, 5.74) is 0.452. The highest BCUT2D eigenvalue weighted by Crippen LogP contribution is 2.20. The van der Waals surface area contributed by atoms with Gasteiger partial charge in [0.25, 0.3) is 5.91 Å². The molecule has 0 bridgehead atoms. The summed E-state index contributed by atoms with van der Waals surface area (Å²) in [6.45, 7) is 9.08. The molecule has 3 rings (SSSR count). The molecular formula is C20H31N5O3. The number of amides is 2. The van der Waals surface area contributed by atoms with Crippen LogP contribution in [0.15, 0.2) is 6.07 Å². The zero-order chi connectivity index (χ0) is 20.1. The number of nitrogens with one attached hydrogen (secondary N) is 1. The van der Waals surface area contributed by atoms with Crippen LogP contribution in [0, 0.1) is 12.8 Å². The number of hydrogen-bond acceptors (Lipinski definition) is 6. The Bertz CT molecular complexity index is 703. The zero-order valence-corrected chi connectivity index (χ0v) is 17.1. The molecule has 0 radical (unpaired) electrons. The first-order valence-electron chi connectivity index (χ1n) is 10.3. The van der Waals surface area contributed by atoms with E-state index in [4.69, 9.17) is 4.74 Å². The summed E-state index contributed by atoms with van der Waals surface area (Å²) in [4.78, 5) is 37.2. The lowest BCUT2D eigenvalue weighted by Crippen LogP contribution is -2.42. The molecule has 2 aliphatic heterocycles. The minimum atomic E-state index is -0.248. The van der Waals surface area contributed by atoms with Gasteiger partial charge in [0, 0.05) is 38.3 Å². The van der Waals surface area contributed by atoms with Gasteiger partial charge in [-0.05, 0) is 45.4 Å². The van der Waals surface area contributed by atoms with Crippen molar-refractivity contribution in [2.24, 2.45) is 5.92 Å². The first-order valence-corrected chi connectivity index (χ1v) is 10.3. The monoisotopic (exact) mass is 389 g/mol. The van der Waals surface area contributed by atoms with Gasteiger partial charge >= 0.3 is 6.09 Å². The highest BCUT2D eigenvalue weighted by molar-refractivity contribution is 5.93. The fraction of sp³-hybridized carbons (Fsp3) is 0.700. The summed E-state index contributed by atoms with van der Waals surface area (Å²) in [5.74, 6) is 1.78. The van der Waals surface area contributed by atoms with Crippen LogP contribution in [0.1, 0.15) is 55.8 Å². The molecule has 2 aliphatic rings. The summed E-state index contributed by atoms with van der Waals surface area (Å²) in [6.07, 6.45) is 3.59. The number of piperidine rings is 2. The molecule has 0 aromatic carbocycles. The Hall–Kier alpha value is -2.38. The highest BCUT2D eigenvalue weighted by Gasteiger charge is 2.26. The normalized spacial score (nSPS) is 20.8. The minimum absolute atomic E-state index is 0.0165. The molecule has 1 unspecified atom stereocenters. The van der Waals surface area contributed by atoms with Crippen molar-refractivity contribution in [3.8, 4) is 0 Å². The van der Waals surface area contributed by atoms with Crippen LogP contribution in [-0.2, 0) is 4.74 Å². The fourth-order valence-corrected chi connectivity index (χ4v) is 3.92. The number of ether oxygens (including phenoxy) is 1. The second kappa shape index (κ2) is 9.21. The van der Waals surface area contributed by atoms with Crippen LogP contribution in [0.25, 0.3) is 0 Å². The third-order valence-corrected chi connectivity index (χ3v) is 5.37. The van der Waals surface area contributed by atoms with Crippen LogP contribution < -0.4 is 5.32 Å². The van der Waals surface area contributed by atoms with E-state index in [1.165, 1.54) is 6.42 Å². The van der Waals surface area contributed by atoms with Crippen molar-refractivity contribution in [1.82, 2.24) is 19.8 Å². The van der Waals surface area contributed by atoms with E-state index in [0.29, 0.717) is 43.0 Å². The molecule has 154 valence electrons. The molecule has 1 aromatic rings. The van der Waals surface area contributed by atoms with Gasteiger partial charge in [-0.1, -0.05) is 6.92 Å². The van der Waals surface area contributed by atoms with Crippen molar-refractivity contribution in [3.05, 3.63) is 17.6 Å². The SMILES string of the molecule is CCOC(=O)N1CCC(Nc2cc(C(=O)N3CCCC(C)C3)nc(C)n2)CC1. The smallest absolute Gasteiger partial charge is 0.409 e. The van der Waals surface area contributed by atoms with Crippen LogP contribution in [-0.4, -0.2) is 70.6 Å². The summed E-state index contributed by atoms with van der Waals surface area (Å²) in [5, 5.41) is 3.42. The van der Waals surface area contributed by atoms with Gasteiger partial charge in [-0.25, -0.2) is 14.8 Å². The zero-order valence-electron chi connectivity index (χ0n) is 17.1. The largest absolute Gasteiger partial charge is 0.450 e. The van der Waals surface area contributed by atoms with Crippen molar-refractivity contribution in [2.45, 2.75) is 52.5 Å². The van der Waals surface area contributed by atoms with E-state index in [9.17, 15) is 9.59 Å². The van der Waals surface area contributed by atoms with Crippen LogP contribution in [0.3, 0.4) is 0 Å². The van der Waals surface area contributed by atoms with Gasteiger partial charge in [-0.15, -0.1) is 0 Å².